The first-order chi connectivity index (χ1) is 9.14. The monoisotopic (exact) mass is 318 g/mol. The van der Waals surface area contributed by atoms with Crippen LogP contribution in [-0.4, -0.2) is 24.1 Å². The molecule has 1 atom stereocenters. The Hall–Kier alpha value is -0.190. The van der Waals surface area contributed by atoms with E-state index in [1.165, 1.54) is 11.8 Å². The third-order valence-corrected chi connectivity index (χ3v) is 8.56. The number of thioether (sulfide) groups is 1. The maximum atomic E-state index is 12.6. The van der Waals surface area contributed by atoms with Crippen LogP contribution < -0.4 is 0 Å². The minimum Gasteiger partial charge on any atom is -0.227 e. The van der Waals surface area contributed by atoms with Crippen molar-refractivity contribution in [2.24, 2.45) is 0 Å². The quantitative estimate of drug-likeness (QED) is 0.605. The van der Waals surface area contributed by atoms with Crippen LogP contribution in [0, 0.1) is 0 Å². The van der Waals surface area contributed by atoms with Crippen LogP contribution in [0.5, 0.6) is 0 Å². The largest absolute Gasteiger partial charge is 0.227 e. The van der Waals surface area contributed by atoms with Crippen molar-refractivity contribution in [3.05, 3.63) is 30.3 Å². The lowest BCUT2D eigenvalue weighted by Gasteiger charge is -2.25. The summed E-state index contributed by atoms with van der Waals surface area (Å²) in [7, 11) is -3.14. The molecule has 1 saturated carbocycles. The summed E-state index contributed by atoms with van der Waals surface area (Å²) in [6.45, 7) is 0. The smallest absolute Gasteiger partial charge is 0.166 e. The van der Waals surface area contributed by atoms with Gasteiger partial charge in [0, 0.05) is 10.8 Å². The fourth-order valence-electron chi connectivity index (χ4n) is 2.45. The maximum absolute atomic E-state index is 12.6. The molecule has 0 aromatic heterocycles. The van der Waals surface area contributed by atoms with Crippen molar-refractivity contribution < 1.29 is 8.42 Å². The molecule has 0 radical (unpaired) electrons. The van der Waals surface area contributed by atoms with Crippen LogP contribution in [-0.2, 0) is 9.84 Å². The molecule has 0 saturated heterocycles. The van der Waals surface area contributed by atoms with Crippen molar-refractivity contribution in [2.45, 2.75) is 46.8 Å². The molecule has 1 aliphatic rings. The van der Waals surface area contributed by atoms with E-state index in [9.17, 15) is 8.42 Å². The van der Waals surface area contributed by atoms with Gasteiger partial charge in [0.25, 0.3) is 0 Å². The van der Waals surface area contributed by atoms with Gasteiger partial charge >= 0.3 is 0 Å². The molecule has 2 rings (SSSR count). The van der Waals surface area contributed by atoms with Crippen molar-refractivity contribution in [1.82, 2.24) is 0 Å². The van der Waals surface area contributed by atoms with E-state index in [1.54, 1.807) is 0 Å². The van der Waals surface area contributed by atoms with Crippen molar-refractivity contribution >= 4 is 33.2 Å². The van der Waals surface area contributed by atoms with Crippen LogP contribution in [0.15, 0.2) is 35.2 Å². The summed E-state index contributed by atoms with van der Waals surface area (Å²) < 4.78 is 24.7. The van der Waals surface area contributed by atoms with E-state index >= 15 is 0 Å². The van der Waals surface area contributed by atoms with Crippen molar-refractivity contribution in [1.29, 1.82) is 0 Å². The molecule has 19 heavy (non-hydrogen) atoms. The zero-order valence-electron chi connectivity index (χ0n) is 10.8. The predicted molar refractivity (Wildman–Crippen MR) is 82.6 cm³/mol. The topological polar surface area (TPSA) is 34.1 Å². The van der Waals surface area contributed by atoms with Gasteiger partial charge in [0.2, 0.25) is 0 Å². The highest BCUT2D eigenvalue weighted by Gasteiger charge is 2.34. The molecule has 0 N–H and O–H groups in total. The zero-order chi connectivity index (χ0) is 13.7. The predicted octanol–water partition coefficient (Wildman–Crippen LogP) is 4.09. The molecule has 106 valence electrons. The van der Waals surface area contributed by atoms with Gasteiger partial charge in [0.15, 0.2) is 9.84 Å². The highest BCUT2D eigenvalue weighted by molar-refractivity contribution is 8.13. The molecule has 0 amide bonds. The lowest BCUT2D eigenvalue weighted by atomic mass is 10.0. The van der Waals surface area contributed by atoms with Crippen LogP contribution in [0.3, 0.4) is 0 Å². The molecule has 0 heterocycles. The number of halogens is 1. The van der Waals surface area contributed by atoms with Gasteiger partial charge in [-0.3, -0.25) is 0 Å². The van der Waals surface area contributed by atoms with E-state index < -0.39 is 14.4 Å². The molecule has 2 nitrogen and oxygen atoms in total. The lowest BCUT2D eigenvalue weighted by Crippen LogP contribution is -2.32. The van der Waals surface area contributed by atoms with Gasteiger partial charge < -0.3 is 0 Å². The molecule has 1 unspecified atom stereocenters. The fraction of sp³-hybridized carbons (Fsp3) is 0.571. The van der Waals surface area contributed by atoms with Gasteiger partial charge in [0.05, 0.1) is 5.25 Å². The van der Waals surface area contributed by atoms with Gasteiger partial charge in [0.1, 0.15) is 4.58 Å². The molecule has 0 bridgehead atoms. The number of alkyl halides is 1. The van der Waals surface area contributed by atoms with Gasteiger partial charge in [-0.15, -0.1) is 23.4 Å². The standard InChI is InChI=1S/C14H19ClO2S2/c15-11-14(18-12-7-3-1-4-8-12)19(16,17)13-9-5-2-6-10-13/h1,3-4,7-8,13-14H,2,5-6,9-11H2. The molecule has 1 aliphatic carbocycles. The van der Waals surface area contributed by atoms with Crippen molar-refractivity contribution in [3.8, 4) is 0 Å². The first kappa shape index (κ1) is 15.2. The van der Waals surface area contributed by atoms with Crippen molar-refractivity contribution in [2.75, 3.05) is 5.88 Å². The lowest BCUT2D eigenvalue weighted by molar-refractivity contribution is 0.483. The first-order valence-corrected chi connectivity index (χ1v) is 9.67. The van der Waals surface area contributed by atoms with Crippen molar-refractivity contribution in [3.63, 3.8) is 0 Å². The van der Waals surface area contributed by atoms with Gasteiger partial charge in [-0.25, -0.2) is 8.42 Å². The summed E-state index contributed by atoms with van der Waals surface area (Å²) in [5.74, 6) is 0.151. The number of hydrogen-bond acceptors (Lipinski definition) is 3. The number of rotatable bonds is 5. The Bertz CT molecular complexity index is 481. The molecular weight excluding hydrogens is 300 g/mol. The van der Waals surface area contributed by atoms with E-state index in [1.807, 2.05) is 30.3 Å². The Morgan fingerprint density at radius 2 is 1.79 bits per heavy atom. The normalized spacial score (nSPS) is 19.2. The van der Waals surface area contributed by atoms with Crippen LogP contribution in [0.1, 0.15) is 32.1 Å². The molecule has 1 aromatic carbocycles. The Balaban J connectivity index is 2.11. The minimum absolute atomic E-state index is 0.151. The van der Waals surface area contributed by atoms with E-state index in [0.29, 0.717) is 0 Å². The Labute approximate surface area is 124 Å². The maximum Gasteiger partial charge on any atom is 0.166 e. The third-order valence-electron chi connectivity index (χ3n) is 3.52. The van der Waals surface area contributed by atoms with E-state index in [-0.39, 0.29) is 11.1 Å². The van der Waals surface area contributed by atoms with Crippen LogP contribution >= 0.6 is 23.4 Å². The van der Waals surface area contributed by atoms with Gasteiger partial charge in [-0.2, -0.15) is 0 Å². The number of sulfone groups is 1. The van der Waals surface area contributed by atoms with Crippen LogP contribution in [0.4, 0.5) is 0 Å². The first-order valence-electron chi connectivity index (χ1n) is 6.65. The summed E-state index contributed by atoms with van der Waals surface area (Å²) >= 11 is 7.29. The van der Waals surface area contributed by atoms with E-state index in [4.69, 9.17) is 11.6 Å². The summed E-state index contributed by atoms with van der Waals surface area (Å²) in [5.41, 5.74) is 0. The SMILES string of the molecule is O=S(=O)(C1CCCCC1)C(CCl)Sc1ccccc1. The average molecular weight is 319 g/mol. The molecule has 0 spiro atoms. The number of benzene rings is 1. The second-order valence-corrected chi connectivity index (χ2v) is 9.16. The Morgan fingerprint density at radius 1 is 1.16 bits per heavy atom. The third kappa shape index (κ3) is 3.89. The average Bonchev–Trinajstić information content (AvgIpc) is 2.46. The van der Waals surface area contributed by atoms with Gasteiger partial charge in [-0.1, -0.05) is 37.5 Å². The molecule has 5 heteroatoms. The second kappa shape index (κ2) is 7.00. The summed E-state index contributed by atoms with van der Waals surface area (Å²) in [6.07, 6.45) is 4.79. The Kier molecular flexibility index (Phi) is 5.60. The molecule has 1 fully saturated rings. The minimum atomic E-state index is -3.14. The number of hydrogen-bond donors (Lipinski definition) is 0. The summed E-state index contributed by atoms with van der Waals surface area (Å²) in [4.78, 5) is 0.965. The van der Waals surface area contributed by atoms with Crippen LogP contribution in [0.25, 0.3) is 0 Å². The Morgan fingerprint density at radius 3 is 2.37 bits per heavy atom. The van der Waals surface area contributed by atoms with E-state index in [2.05, 4.69) is 0 Å². The summed E-state index contributed by atoms with van der Waals surface area (Å²) in [6, 6.07) is 9.62. The summed E-state index contributed by atoms with van der Waals surface area (Å²) in [5, 5.41) is -0.193. The second-order valence-electron chi connectivity index (χ2n) is 4.86. The fourth-order valence-corrected chi connectivity index (χ4v) is 6.78. The highest BCUT2D eigenvalue weighted by Crippen LogP contribution is 2.34. The van der Waals surface area contributed by atoms with Crippen LogP contribution in [0.2, 0.25) is 0 Å². The molecular formula is C14H19ClO2S2. The zero-order valence-corrected chi connectivity index (χ0v) is 13.2. The molecule has 0 aliphatic heterocycles. The molecule has 1 aromatic rings. The van der Waals surface area contributed by atoms with Gasteiger partial charge in [-0.05, 0) is 25.0 Å². The highest BCUT2D eigenvalue weighted by atomic mass is 35.5. The van der Waals surface area contributed by atoms with E-state index in [0.717, 1.165) is 37.0 Å².